The minimum absolute atomic E-state index is 0.0415. The number of amides is 1. The molecule has 0 bridgehead atoms. The Hall–Kier alpha value is -3.54. The lowest BCUT2D eigenvalue weighted by molar-refractivity contribution is -0.131. The van der Waals surface area contributed by atoms with Crippen molar-refractivity contribution < 1.29 is 4.79 Å². The molecule has 0 spiro atoms. The van der Waals surface area contributed by atoms with Gasteiger partial charge in [-0.05, 0) is 36.2 Å². The highest BCUT2D eigenvalue weighted by Crippen LogP contribution is 2.22. The van der Waals surface area contributed by atoms with Crippen molar-refractivity contribution in [1.82, 2.24) is 24.6 Å². The van der Waals surface area contributed by atoms with Gasteiger partial charge in [0.1, 0.15) is 12.7 Å². The van der Waals surface area contributed by atoms with Crippen molar-refractivity contribution in [2.45, 2.75) is 19.4 Å². The number of likely N-dealkylation sites (N-methyl/N-ethyl adjacent to an activating group) is 1. The Labute approximate surface area is 163 Å². The second-order valence-corrected chi connectivity index (χ2v) is 6.78. The van der Waals surface area contributed by atoms with Gasteiger partial charge in [-0.2, -0.15) is 5.10 Å². The van der Waals surface area contributed by atoms with Crippen LogP contribution in [0.1, 0.15) is 24.1 Å². The summed E-state index contributed by atoms with van der Waals surface area (Å²) in [6.07, 6.45) is 5.25. The molecular weight excluding hydrogens is 350 g/mol. The highest BCUT2D eigenvalue weighted by molar-refractivity contribution is 5.87. The van der Waals surface area contributed by atoms with Crippen LogP contribution in [0.2, 0.25) is 0 Å². The van der Waals surface area contributed by atoms with E-state index in [0.717, 1.165) is 27.7 Å². The Bertz CT molecular complexity index is 1080. The third kappa shape index (κ3) is 3.49. The van der Waals surface area contributed by atoms with E-state index >= 15 is 0 Å². The molecular formula is C22H21N5O. The lowest BCUT2D eigenvalue weighted by Gasteiger charge is -2.26. The minimum Gasteiger partial charge on any atom is -0.339 e. The molecule has 2 aromatic carbocycles. The molecule has 2 aromatic heterocycles. The van der Waals surface area contributed by atoms with Gasteiger partial charge in [0.2, 0.25) is 5.91 Å². The average Bonchev–Trinajstić information content (AvgIpc) is 3.28. The van der Waals surface area contributed by atoms with E-state index < -0.39 is 0 Å². The Morgan fingerprint density at radius 3 is 2.64 bits per heavy atom. The summed E-state index contributed by atoms with van der Waals surface area (Å²) >= 11 is 0. The highest BCUT2D eigenvalue weighted by Gasteiger charge is 2.19. The van der Waals surface area contributed by atoms with Crippen LogP contribution in [0.3, 0.4) is 0 Å². The quantitative estimate of drug-likeness (QED) is 0.538. The maximum Gasteiger partial charge on any atom is 0.227 e. The number of pyridine rings is 1. The first kappa shape index (κ1) is 17.9. The summed E-state index contributed by atoms with van der Waals surface area (Å²) in [7, 11) is 1.84. The Balaban J connectivity index is 1.50. The van der Waals surface area contributed by atoms with Crippen molar-refractivity contribution in [3.05, 3.63) is 84.6 Å². The van der Waals surface area contributed by atoms with Gasteiger partial charge < -0.3 is 4.90 Å². The second kappa shape index (κ2) is 7.60. The molecule has 0 saturated carbocycles. The van der Waals surface area contributed by atoms with Gasteiger partial charge in [0.25, 0.3) is 0 Å². The van der Waals surface area contributed by atoms with Crippen molar-refractivity contribution in [3.8, 4) is 5.69 Å². The molecule has 6 heteroatoms. The average molecular weight is 371 g/mol. The zero-order chi connectivity index (χ0) is 19.5. The number of rotatable bonds is 5. The summed E-state index contributed by atoms with van der Waals surface area (Å²) in [6.45, 7) is 2.03. The van der Waals surface area contributed by atoms with Gasteiger partial charge in [-0.15, -0.1) is 0 Å². The monoisotopic (exact) mass is 371 g/mol. The predicted molar refractivity (Wildman–Crippen MR) is 108 cm³/mol. The molecule has 0 aliphatic rings. The molecule has 1 amide bonds. The van der Waals surface area contributed by atoms with Crippen LogP contribution < -0.4 is 0 Å². The molecule has 0 N–H and O–H groups in total. The summed E-state index contributed by atoms with van der Waals surface area (Å²) in [5, 5.41) is 5.18. The normalized spacial score (nSPS) is 12.1. The lowest BCUT2D eigenvalue weighted by Crippen LogP contribution is -2.31. The number of hydrogen-bond donors (Lipinski definition) is 0. The number of para-hydroxylation sites is 1. The smallest absolute Gasteiger partial charge is 0.227 e. The number of fused-ring (bicyclic) bond motifs is 1. The van der Waals surface area contributed by atoms with Crippen molar-refractivity contribution in [2.24, 2.45) is 0 Å². The molecule has 0 aliphatic heterocycles. The van der Waals surface area contributed by atoms with E-state index in [1.54, 1.807) is 22.1 Å². The van der Waals surface area contributed by atoms with Gasteiger partial charge in [-0.3, -0.25) is 9.78 Å². The first-order chi connectivity index (χ1) is 13.6. The highest BCUT2D eigenvalue weighted by atomic mass is 16.2. The first-order valence-electron chi connectivity index (χ1n) is 9.17. The van der Waals surface area contributed by atoms with Gasteiger partial charge in [-0.25, -0.2) is 9.67 Å². The summed E-state index contributed by atoms with van der Waals surface area (Å²) in [4.78, 5) is 23.1. The summed E-state index contributed by atoms with van der Waals surface area (Å²) in [6, 6.07) is 17.8. The number of aromatic nitrogens is 4. The Morgan fingerprint density at radius 1 is 1.11 bits per heavy atom. The number of carbonyl (C=O) groups is 1. The van der Waals surface area contributed by atoms with E-state index in [4.69, 9.17) is 0 Å². The number of nitrogens with zero attached hydrogens (tertiary/aromatic N) is 5. The van der Waals surface area contributed by atoms with Crippen LogP contribution in [0.25, 0.3) is 16.6 Å². The van der Waals surface area contributed by atoms with E-state index in [0.29, 0.717) is 6.42 Å². The third-order valence-corrected chi connectivity index (χ3v) is 5.09. The largest absolute Gasteiger partial charge is 0.339 e. The van der Waals surface area contributed by atoms with Crippen molar-refractivity contribution >= 4 is 16.8 Å². The van der Waals surface area contributed by atoms with Crippen LogP contribution >= 0.6 is 0 Å². The molecule has 0 fully saturated rings. The zero-order valence-electron chi connectivity index (χ0n) is 15.9. The second-order valence-electron chi connectivity index (χ2n) is 6.78. The van der Waals surface area contributed by atoms with Crippen LogP contribution in [-0.4, -0.2) is 37.6 Å². The van der Waals surface area contributed by atoms with E-state index in [9.17, 15) is 4.79 Å². The Kier molecular flexibility index (Phi) is 4.85. The van der Waals surface area contributed by atoms with Gasteiger partial charge >= 0.3 is 0 Å². The van der Waals surface area contributed by atoms with Gasteiger partial charge in [0, 0.05) is 18.6 Å². The number of carbonyl (C=O) groups excluding carboxylic acids is 1. The minimum atomic E-state index is -0.0415. The zero-order valence-corrected chi connectivity index (χ0v) is 15.9. The van der Waals surface area contributed by atoms with Crippen LogP contribution in [0, 0.1) is 0 Å². The number of hydrogen-bond acceptors (Lipinski definition) is 4. The third-order valence-electron chi connectivity index (χ3n) is 5.09. The maximum atomic E-state index is 12.9. The molecule has 6 nitrogen and oxygen atoms in total. The fourth-order valence-corrected chi connectivity index (χ4v) is 3.28. The van der Waals surface area contributed by atoms with E-state index in [1.165, 1.54) is 6.33 Å². The topological polar surface area (TPSA) is 63.9 Å². The van der Waals surface area contributed by atoms with E-state index in [-0.39, 0.29) is 11.9 Å². The molecule has 28 heavy (non-hydrogen) atoms. The van der Waals surface area contributed by atoms with Crippen LogP contribution in [0.5, 0.6) is 0 Å². The first-order valence-corrected chi connectivity index (χ1v) is 9.17. The van der Waals surface area contributed by atoms with Gasteiger partial charge in [-0.1, -0.05) is 36.4 Å². The molecule has 0 saturated heterocycles. The molecule has 4 aromatic rings. The molecule has 4 rings (SSSR count). The maximum absolute atomic E-state index is 12.9. The lowest BCUT2D eigenvalue weighted by atomic mass is 10.0. The van der Waals surface area contributed by atoms with Crippen LogP contribution in [-0.2, 0) is 11.2 Å². The summed E-state index contributed by atoms with van der Waals surface area (Å²) < 4.78 is 1.71. The molecule has 1 unspecified atom stereocenters. The SMILES string of the molecule is CC(c1ccc(-n2cncn2)cc1)N(C)C(=O)Cc1cccc2cccnc12. The van der Waals surface area contributed by atoms with E-state index in [2.05, 4.69) is 15.1 Å². The molecule has 0 radical (unpaired) electrons. The Morgan fingerprint density at radius 2 is 1.89 bits per heavy atom. The predicted octanol–water partition coefficient (Wildman–Crippen LogP) is 3.58. The fourth-order valence-electron chi connectivity index (χ4n) is 3.28. The molecule has 0 aliphatic carbocycles. The van der Waals surface area contributed by atoms with Crippen LogP contribution in [0.4, 0.5) is 0 Å². The molecule has 1 atom stereocenters. The van der Waals surface area contributed by atoms with Gasteiger partial charge in [0.15, 0.2) is 0 Å². The fraction of sp³-hybridized carbons (Fsp3) is 0.182. The summed E-state index contributed by atoms with van der Waals surface area (Å²) in [5.74, 6) is 0.0611. The van der Waals surface area contributed by atoms with Crippen LogP contribution in [0.15, 0.2) is 73.4 Å². The van der Waals surface area contributed by atoms with Crippen molar-refractivity contribution in [1.29, 1.82) is 0 Å². The molecule has 2 heterocycles. The summed E-state index contributed by atoms with van der Waals surface area (Å²) in [5.41, 5.74) is 3.83. The van der Waals surface area contributed by atoms with Gasteiger partial charge in [0.05, 0.1) is 23.7 Å². The van der Waals surface area contributed by atoms with E-state index in [1.807, 2.05) is 68.6 Å². The van der Waals surface area contributed by atoms with Crippen molar-refractivity contribution in [2.75, 3.05) is 7.05 Å². The van der Waals surface area contributed by atoms with Crippen molar-refractivity contribution in [3.63, 3.8) is 0 Å². The standard InChI is InChI=1S/C22H21N5O/c1-16(17-8-10-20(11-9-17)27-15-23-14-25-27)26(2)21(28)13-19-6-3-5-18-7-4-12-24-22(18)19/h3-12,14-16H,13H2,1-2H3. The molecule has 140 valence electrons. The number of benzene rings is 2.